The molecule has 14 nitrogen and oxygen atoms in total. The highest BCUT2D eigenvalue weighted by molar-refractivity contribution is 8.24. The highest BCUT2D eigenvalue weighted by Crippen LogP contribution is 2.61. The summed E-state index contributed by atoms with van der Waals surface area (Å²) >= 11 is 19.7. The summed E-state index contributed by atoms with van der Waals surface area (Å²) in [6.45, 7) is 4.43. The van der Waals surface area contributed by atoms with Gasteiger partial charge in [0.15, 0.2) is 0 Å². The Morgan fingerprint density at radius 1 is 0.822 bits per heavy atom. The average molecular weight is 720 g/mol. The summed E-state index contributed by atoms with van der Waals surface area (Å²) in [6, 6.07) is 3.95. The van der Waals surface area contributed by atoms with E-state index in [9.17, 15) is 9.36 Å². The van der Waals surface area contributed by atoms with Crippen molar-refractivity contribution in [1.29, 1.82) is 0 Å². The predicted octanol–water partition coefficient (Wildman–Crippen LogP) is 6.12. The van der Waals surface area contributed by atoms with Gasteiger partial charge in [-0.25, -0.2) is 15.0 Å². The normalized spacial score (nSPS) is 16.7. The van der Waals surface area contributed by atoms with Crippen LogP contribution >= 0.6 is 50.5 Å². The van der Waals surface area contributed by atoms with E-state index in [1.54, 1.807) is 24.7 Å². The van der Waals surface area contributed by atoms with Gasteiger partial charge in [-0.05, 0) is 106 Å². The highest BCUT2D eigenvalue weighted by Gasteiger charge is 2.20. The van der Waals surface area contributed by atoms with Crippen LogP contribution < -0.4 is 16.2 Å². The van der Waals surface area contributed by atoms with Crippen LogP contribution in [0.1, 0.15) is 37.8 Å². The van der Waals surface area contributed by atoms with Gasteiger partial charge < -0.3 is 20.4 Å². The van der Waals surface area contributed by atoms with Crippen molar-refractivity contribution in [3.63, 3.8) is 0 Å². The molecule has 2 aliphatic heterocycles. The van der Waals surface area contributed by atoms with E-state index < -0.39 is 5.20 Å². The smallest absolute Gasteiger partial charge is 0.323 e. The Kier molecular flexibility index (Phi) is 13.1. The number of rotatable bonds is 6. The van der Waals surface area contributed by atoms with E-state index in [0.29, 0.717) is 29.1 Å². The lowest BCUT2D eigenvalue weighted by Gasteiger charge is -2.28. The minimum Gasteiger partial charge on any atom is -0.323 e. The van der Waals surface area contributed by atoms with Gasteiger partial charge >= 0.3 is 5.20 Å². The molecule has 6 heterocycles. The van der Waals surface area contributed by atoms with Crippen molar-refractivity contribution in [2.24, 2.45) is 0 Å². The molecule has 0 amide bonds. The zero-order chi connectivity index (χ0) is 32.4. The molecule has 4 aromatic rings. The molecule has 3 N–H and O–H groups in total. The maximum atomic E-state index is 11.2. The first kappa shape index (κ1) is 35.1. The van der Waals surface area contributed by atoms with Gasteiger partial charge in [-0.2, -0.15) is 10.2 Å². The first-order valence-corrected chi connectivity index (χ1v) is 18.9. The van der Waals surface area contributed by atoms with Gasteiger partial charge in [-0.1, -0.05) is 11.6 Å². The van der Waals surface area contributed by atoms with E-state index >= 15 is 0 Å². The topological polar surface area (TPSA) is 155 Å². The number of halogens is 4. The van der Waals surface area contributed by atoms with Gasteiger partial charge in [-0.15, -0.1) is 0 Å². The number of hydrogen-bond acceptors (Lipinski definition) is 11. The third kappa shape index (κ3) is 12.5. The Bertz CT molecular complexity index is 1590. The van der Waals surface area contributed by atoms with E-state index in [1.165, 1.54) is 12.3 Å². The van der Waals surface area contributed by atoms with E-state index in [4.69, 9.17) is 11.6 Å². The van der Waals surface area contributed by atoms with E-state index in [2.05, 4.69) is 98.4 Å². The van der Waals surface area contributed by atoms with Crippen LogP contribution in [0.25, 0.3) is 0 Å². The van der Waals surface area contributed by atoms with Gasteiger partial charge in [0, 0.05) is 30.9 Å². The van der Waals surface area contributed by atoms with Gasteiger partial charge in [0.05, 0.1) is 35.9 Å². The van der Waals surface area contributed by atoms with Crippen molar-refractivity contribution in [3.05, 3.63) is 64.8 Å². The zero-order valence-corrected chi connectivity index (χ0v) is 28.6. The van der Waals surface area contributed by atoms with Gasteiger partial charge in [0.25, 0.3) is 5.56 Å². The number of aromatic nitrogens is 8. The molecular formula is C26H35Cl4N12O2P. The van der Waals surface area contributed by atoms with Crippen molar-refractivity contribution < 1.29 is 4.57 Å². The number of anilines is 4. The second kappa shape index (κ2) is 16.7. The minimum atomic E-state index is -3.22. The van der Waals surface area contributed by atoms with Gasteiger partial charge in [0.2, 0.25) is 11.9 Å². The molecule has 6 rings (SSSR count). The lowest BCUT2D eigenvalue weighted by atomic mass is 10.1. The molecule has 0 aromatic carbocycles. The molecular weight excluding hydrogens is 685 g/mol. The Morgan fingerprint density at radius 3 is 1.80 bits per heavy atom. The maximum Gasteiger partial charge on any atom is 0.339 e. The first-order valence-electron chi connectivity index (χ1n) is 14.1. The molecule has 244 valence electrons. The first-order chi connectivity index (χ1) is 21.4. The van der Waals surface area contributed by atoms with E-state index in [1.807, 2.05) is 21.8 Å². The number of likely N-dealkylation sites (tertiary alicyclic amines) is 2. The molecule has 2 fully saturated rings. The van der Waals surface area contributed by atoms with Crippen LogP contribution in [-0.4, -0.2) is 89.6 Å². The molecule has 0 saturated carbocycles. The van der Waals surface area contributed by atoms with Crippen LogP contribution in [0.3, 0.4) is 0 Å². The Morgan fingerprint density at radius 2 is 1.31 bits per heavy atom. The van der Waals surface area contributed by atoms with Crippen molar-refractivity contribution in [2.45, 2.75) is 37.8 Å². The fourth-order valence-electron chi connectivity index (χ4n) is 4.82. The largest absolute Gasteiger partial charge is 0.339 e. The Balaban J connectivity index is 0.000000179. The molecule has 2 aliphatic rings. The second-order valence-electron chi connectivity index (χ2n) is 10.6. The molecule has 45 heavy (non-hydrogen) atoms. The average Bonchev–Trinajstić information content (AvgIpc) is 3.64. The van der Waals surface area contributed by atoms with E-state index in [-0.39, 0.29) is 5.56 Å². The minimum absolute atomic E-state index is 0.176. The molecule has 0 aliphatic carbocycles. The number of hydrogen-bond donors (Lipinski definition) is 3. The molecule has 2 saturated heterocycles. The summed E-state index contributed by atoms with van der Waals surface area (Å²) < 4.78 is 13.5. The fraction of sp³-hybridized carbons (Fsp3) is 0.462. The monoisotopic (exact) mass is 718 g/mol. The number of nitrogens with zero attached hydrogens (tertiary/aromatic N) is 9. The predicted molar refractivity (Wildman–Crippen MR) is 180 cm³/mol. The van der Waals surface area contributed by atoms with Gasteiger partial charge in [-0.3, -0.25) is 23.7 Å². The lowest BCUT2D eigenvalue weighted by molar-refractivity contribution is 0.212. The number of piperidine rings is 2. The number of H-pyrrole nitrogens is 1. The summed E-state index contributed by atoms with van der Waals surface area (Å²) in [7, 11) is 4.30. The lowest BCUT2D eigenvalue weighted by Crippen LogP contribution is -2.31. The summed E-state index contributed by atoms with van der Waals surface area (Å²) in [5, 5.41) is 12.2. The summed E-state index contributed by atoms with van der Waals surface area (Å²) in [5.41, 5.74) is 1.54. The van der Waals surface area contributed by atoms with Crippen molar-refractivity contribution in [1.82, 2.24) is 49.3 Å². The molecule has 4 aromatic heterocycles. The molecule has 19 heteroatoms. The van der Waals surface area contributed by atoms with Gasteiger partial charge in [0.1, 0.15) is 5.15 Å². The van der Waals surface area contributed by atoms with Crippen LogP contribution in [0.15, 0.2) is 54.1 Å². The van der Waals surface area contributed by atoms with Crippen molar-refractivity contribution in [3.8, 4) is 0 Å². The van der Waals surface area contributed by atoms with Crippen LogP contribution in [0.4, 0.5) is 23.3 Å². The summed E-state index contributed by atoms with van der Waals surface area (Å²) in [4.78, 5) is 30.8. The number of nitrogens with one attached hydrogen (secondary N) is 3. The SMILES string of the molecule is CN1CCC(n2cc(Nc3nccc(=O)[nH]3)cn2)CC1.CN1CCC(n2cc(Nc3nccc(Cl)n3)cn2)CC1.O=P(Cl)(Cl)Cl. The second-order valence-corrected chi connectivity index (χ2v) is 17.6. The quantitative estimate of drug-likeness (QED) is 0.156. The van der Waals surface area contributed by atoms with E-state index in [0.717, 1.165) is 63.2 Å². The molecule has 0 unspecified atom stereocenters. The summed E-state index contributed by atoms with van der Waals surface area (Å²) in [5.74, 6) is 0.917. The third-order valence-corrected chi connectivity index (χ3v) is 7.35. The van der Waals surface area contributed by atoms with Crippen LogP contribution in [0.5, 0.6) is 0 Å². The molecule has 0 atom stereocenters. The molecule has 0 spiro atoms. The zero-order valence-electron chi connectivity index (χ0n) is 24.7. The molecule has 0 bridgehead atoms. The van der Waals surface area contributed by atoms with Crippen LogP contribution in [0.2, 0.25) is 5.15 Å². The van der Waals surface area contributed by atoms with Crippen molar-refractivity contribution >= 4 is 73.8 Å². The Hall–Kier alpha value is -2.71. The summed E-state index contributed by atoms with van der Waals surface area (Å²) in [6.07, 6.45) is 15.1. The number of aromatic amines is 1. The Labute approximate surface area is 280 Å². The van der Waals surface area contributed by atoms with Crippen molar-refractivity contribution in [2.75, 3.05) is 50.9 Å². The standard InChI is InChI=1S/C13H17ClN6.C13H18N6O.Cl3OP/c1-19-6-3-11(4-7-19)20-9-10(8-16-20)17-13-15-5-2-12(14)18-13;1-18-6-3-11(4-7-18)19-9-10(8-15-19)16-13-14-5-2-12(20)17-13;1-5(2,3)4/h2,5,8-9,11H,3-4,6-7H2,1H3,(H,15,17,18);2,5,8-9,11H,3-4,6-7H2,1H3,(H2,14,16,17,20);. The third-order valence-electron chi connectivity index (χ3n) is 7.14. The molecule has 0 radical (unpaired) electrons. The fourth-order valence-corrected chi connectivity index (χ4v) is 4.96. The maximum absolute atomic E-state index is 11.2. The highest BCUT2D eigenvalue weighted by atomic mass is 36.0. The van der Waals surface area contributed by atoms with Crippen LogP contribution in [-0.2, 0) is 4.57 Å². The van der Waals surface area contributed by atoms with Crippen LogP contribution in [0, 0.1) is 0 Å².